The topological polar surface area (TPSA) is 60.8 Å². The molecule has 22 heavy (non-hydrogen) atoms. The van der Waals surface area contributed by atoms with Gasteiger partial charge < -0.3 is 10.2 Å². The molecule has 0 saturated carbocycles. The number of fused-ring (bicyclic) bond motifs is 3. The van der Waals surface area contributed by atoms with Crippen LogP contribution in [0.1, 0.15) is 49.4 Å². The molecule has 1 saturated heterocycles. The van der Waals surface area contributed by atoms with Gasteiger partial charge in [-0.1, -0.05) is 13.8 Å². The van der Waals surface area contributed by atoms with Crippen LogP contribution in [0.15, 0.2) is 12.1 Å². The molecule has 2 N–H and O–H groups in total. The van der Waals surface area contributed by atoms with Crippen LogP contribution in [-0.4, -0.2) is 34.0 Å². The smallest absolute Gasteiger partial charge is 0.139 e. The van der Waals surface area contributed by atoms with Crippen LogP contribution in [-0.2, 0) is 17.8 Å². The molecule has 0 radical (unpaired) electrons. The molecule has 2 atom stereocenters. The highest BCUT2D eigenvalue weighted by atomic mass is 16.3. The van der Waals surface area contributed by atoms with Gasteiger partial charge in [-0.3, -0.25) is 9.69 Å². The van der Waals surface area contributed by atoms with Gasteiger partial charge in [-0.05, 0) is 42.0 Å². The molecule has 4 heteroatoms. The first-order chi connectivity index (χ1) is 10.5. The van der Waals surface area contributed by atoms with Crippen molar-refractivity contribution < 1.29 is 15.0 Å². The second kappa shape index (κ2) is 6.01. The molecule has 2 aliphatic rings. The van der Waals surface area contributed by atoms with Crippen molar-refractivity contribution in [2.75, 3.05) is 13.1 Å². The lowest BCUT2D eigenvalue weighted by atomic mass is 9.80. The maximum atomic E-state index is 12.5. The Kier molecular flexibility index (Phi) is 4.24. The van der Waals surface area contributed by atoms with E-state index >= 15 is 0 Å². The van der Waals surface area contributed by atoms with Crippen molar-refractivity contribution in [1.82, 2.24) is 4.90 Å². The van der Waals surface area contributed by atoms with E-state index in [2.05, 4.69) is 18.7 Å². The third-order valence-electron chi connectivity index (χ3n) is 5.04. The number of nitrogens with zero attached hydrogens (tertiary/aromatic N) is 1. The number of carbonyl (C=O) groups excluding carboxylic acids is 1. The van der Waals surface area contributed by atoms with Gasteiger partial charge in [0.25, 0.3) is 0 Å². The van der Waals surface area contributed by atoms with Crippen LogP contribution in [0.3, 0.4) is 0 Å². The molecule has 0 bridgehead atoms. The number of piperidine rings is 1. The molecule has 120 valence electrons. The number of hydrogen-bond donors (Lipinski definition) is 2. The zero-order valence-corrected chi connectivity index (χ0v) is 13.4. The third kappa shape index (κ3) is 2.77. The molecular formula is C18H25NO3. The number of aliphatic hydroxyl groups is 1. The Morgan fingerprint density at radius 3 is 2.82 bits per heavy atom. The van der Waals surface area contributed by atoms with Gasteiger partial charge >= 0.3 is 0 Å². The van der Waals surface area contributed by atoms with Crippen molar-refractivity contribution in [3.63, 3.8) is 0 Å². The standard InChI is InChI=1S/C18H25NO3/c1-11(2)5-13-9-19-4-3-12-6-14(10-20)17(21)7-15(12)16(19)8-18(13)22/h6-7,11,13,16,20-21H,3-5,8-10H2,1-2H3. The first kappa shape index (κ1) is 15.5. The van der Waals surface area contributed by atoms with E-state index in [1.54, 1.807) is 6.07 Å². The summed E-state index contributed by atoms with van der Waals surface area (Å²) in [4.78, 5) is 14.9. The SMILES string of the molecule is CC(C)CC1CN2CCc3cc(CO)c(O)cc3C2CC1=O. The average Bonchev–Trinajstić information content (AvgIpc) is 2.47. The fourth-order valence-electron chi connectivity index (χ4n) is 3.94. The van der Waals surface area contributed by atoms with E-state index in [4.69, 9.17) is 0 Å². The minimum Gasteiger partial charge on any atom is -0.508 e. The third-order valence-corrected chi connectivity index (χ3v) is 5.04. The molecule has 2 aliphatic heterocycles. The van der Waals surface area contributed by atoms with Crippen molar-refractivity contribution in [1.29, 1.82) is 0 Å². The summed E-state index contributed by atoms with van der Waals surface area (Å²) in [6.45, 7) is 5.97. The van der Waals surface area contributed by atoms with Gasteiger partial charge in [-0.15, -0.1) is 0 Å². The maximum Gasteiger partial charge on any atom is 0.139 e. The highest BCUT2D eigenvalue weighted by molar-refractivity contribution is 5.83. The highest BCUT2D eigenvalue weighted by Gasteiger charge is 2.38. The van der Waals surface area contributed by atoms with E-state index in [9.17, 15) is 15.0 Å². The summed E-state index contributed by atoms with van der Waals surface area (Å²) in [6.07, 6.45) is 2.42. The van der Waals surface area contributed by atoms with Crippen LogP contribution in [0.4, 0.5) is 0 Å². The minimum atomic E-state index is -0.150. The van der Waals surface area contributed by atoms with Crippen LogP contribution in [0.25, 0.3) is 0 Å². The Morgan fingerprint density at radius 1 is 1.36 bits per heavy atom. The molecule has 1 fully saturated rings. The van der Waals surface area contributed by atoms with Crippen molar-refractivity contribution in [3.8, 4) is 5.75 Å². The van der Waals surface area contributed by atoms with Gasteiger partial charge in [0.15, 0.2) is 0 Å². The Bertz CT molecular complexity index is 582. The number of ketones is 1. The summed E-state index contributed by atoms with van der Waals surface area (Å²) >= 11 is 0. The Morgan fingerprint density at radius 2 is 2.14 bits per heavy atom. The largest absolute Gasteiger partial charge is 0.508 e. The first-order valence-corrected chi connectivity index (χ1v) is 8.22. The molecule has 1 aromatic carbocycles. The van der Waals surface area contributed by atoms with Crippen LogP contribution in [0.2, 0.25) is 0 Å². The van der Waals surface area contributed by atoms with Crippen LogP contribution in [0, 0.1) is 11.8 Å². The maximum absolute atomic E-state index is 12.5. The van der Waals surface area contributed by atoms with Gasteiger partial charge in [0.1, 0.15) is 11.5 Å². The molecule has 4 nitrogen and oxygen atoms in total. The van der Waals surface area contributed by atoms with Gasteiger partial charge in [-0.25, -0.2) is 0 Å². The monoisotopic (exact) mass is 303 g/mol. The van der Waals surface area contributed by atoms with E-state index in [0.29, 0.717) is 23.7 Å². The van der Waals surface area contributed by atoms with E-state index in [-0.39, 0.29) is 24.3 Å². The lowest BCUT2D eigenvalue weighted by molar-refractivity contribution is -0.129. The fourth-order valence-corrected chi connectivity index (χ4v) is 3.94. The predicted molar refractivity (Wildman–Crippen MR) is 84.6 cm³/mol. The zero-order chi connectivity index (χ0) is 15.9. The van der Waals surface area contributed by atoms with Crippen LogP contribution in [0.5, 0.6) is 5.75 Å². The molecule has 0 aliphatic carbocycles. The zero-order valence-electron chi connectivity index (χ0n) is 13.4. The number of aliphatic hydroxyl groups excluding tert-OH is 1. The van der Waals surface area contributed by atoms with Gasteiger partial charge in [0, 0.05) is 37.0 Å². The number of carbonyl (C=O) groups is 1. The summed E-state index contributed by atoms with van der Waals surface area (Å²) < 4.78 is 0. The Balaban J connectivity index is 1.87. The lowest BCUT2D eigenvalue weighted by Crippen LogP contribution is -2.46. The molecule has 2 heterocycles. The van der Waals surface area contributed by atoms with Crippen LogP contribution < -0.4 is 0 Å². The Hall–Kier alpha value is -1.39. The van der Waals surface area contributed by atoms with Crippen molar-refractivity contribution >= 4 is 5.78 Å². The molecule has 1 aromatic rings. The second-order valence-electron chi connectivity index (χ2n) is 7.10. The number of hydrogen-bond acceptors (Lipinski definition) is 4. The van der Waals surface area contributed by atoms with E-state index in [0.717, 1.165) is 31.5 Å². The highest BCUT2D eigenvalue weighted by Crippen LogP contribution is 2.40. The molecule has 3 rings (SSSR count). The molecule has 0 aromatic heterocycles. The molecule has 0 spiro atoms. The number of benzene rings is 1. The minimum absolute atomic E-state index is 0.0957. The predicted octanol–water partition coefficient (Wildman–Crippen LogP) is 2.42. The summed E-state index contributed by atoms with van der Waals surface area (Å²) in [6, 6.07) is 3.75. The average molecular weight is 303 g/mol. The van der Waals surface area contributed by atoms with Crippen molar-refractivity contribution in [2.45, 2.75) is 45.8 Å². The lowest BCUT2D eigenvalue weighted by Gasteiger charge is -2.43. The molecular weight excluding hydrogens is 278 g/mol. The summed E-state index contributed by atoms with van der Waals surface area (Å²) in [5, 5.41) is 19.3. The summed E-state index contributed by atoms with van der Waals surface area (Å²) in [5.41, 5.74) is 2.81. The quantitative estimate of drug-likeness (QED) is 0.900. The number of phenols is 1. The number of aromatic hydroxyl groups is 1. The Labute approximate surface area is 131 Å². The summed E-state index contributed by atoms with van der Waals surface area (Å²) in [5.74, 6) is 1.19. The number of Topliss-reactive ketones (excluding diaryl/α,β-unsaturated/α-hetero) is 1. The van der Waals surface area contributed by atoms with Crippen molar-refractivity contribution in [3.05, 3.63) is 28.8 Å². The second-order valence-corrected chi connectivity index (χ2v) is 7.10. The molecule has 0 amide bonds. The van der Waals surface area contributed by atoms with E-state index < -0.39 is 0 Å². The summed E-state index contributed by atoms with van der Waals surface area (Å²) in [7, 11) is 0. The first-order valence-electron chi connectivity index (χ1n) is 8.22. The van der Waals surface area contributed by atoms with Gasteiger partial charge in [-0.2, -0.15) is 0 Å². The van der Waals surface area contributed by atoms with Crippen molar-refractivity contribution in [2.24, 2.45) is 11.8 Å². The molecule has 2 unspecified atom stereocenters. The number of rotatable bonds is 3. The van der Waals surface area contributed by atoms with Crippen LogP contribution >= 0.6 is 0 Å². The van der Waals surface area contributed by atoms with Gasteiger partial charge in [0.05, 0.1) is 6.61 Å². The van der Waals surface area contributed by atoms with E-state index in [1.165, 1.54) is 5.56 Å². The fraction of sp³-hybridized carbons (Fsp3) is 0.611. The van der Waals surface area contributed by atoms with Gasteiger partial charge in [0.2, 0.25) is 0 Å². The van der Waals surface area contributed by atoms with E-state index in [1.807, 2.05) is 6.07 Å². The normalized spacial score (nSPS) is 25.2.